The Morgan fingerprint density at radius 3 is 2.52 bits per heavy atom. The Labute approximate surface area is 164 Å². The molecule has 1 aliphatic rings. The van der Waals surface area contributed by atoms with Gasteiger partial charge in [-0.3, -0.25) is 9.69 Å². The number of piperidine rings is 1. The first kappa shape index (κ1) is 20.8. The monoisotopic (exact) mass is 390 g/mol. The van der Waals surface area contributed by atoms with Crippen LogP contribution in [0.15, 0.2) is 47.9 Å². The van der Waals surface area contributed by atoms with E-state index in [1.165, 1.54) is 18.0 Å². The van der Waals surface area contributed by atoms with Crippen molar-refractivity contribution in [3.8, 4) is 6.01 Å². The van der Waals surface area contributed by atoms with Gasteiger partial charge in [0.05, 0.1) is 12.2 Å². The SMILES string of the molecule is Cl.O=C(C=NO)c1cnc(OCC2CCN(Cc3ccccc3)CC2)nc1. The molecule has 1 aromatic heterocycles. The average Bonchev–Trinajstić information content (AvgIpc) is 2.69. The minimum Gasteiger partial charge on any atom is -0.463 e. The summed E-state index contributed by atoms with van der Waals surface area (Å²) in [7, 11) is 0. The number of ether oxygens (including phenoxy) is 1. The van der Waals surface area contributed by atoms with E-state index in [0.29, 0.717) is 12.5 Å². The van der Waals surface area contributed by atoms with Crippen molar-refractivity contribution in [3.63, 3.8) is 0 Å². The van der Waals surface area contributed by atoms with E-state index >= 15 is 0 Å². The summed E-state index contributed by atoms with van der Waals surface area (Å²) in [5.74, 6) is 0.0262. The van der Waals surface area contributed by atoms with Gasteiger partial charge < -0.3 is 9.94 Å². The van der Waals surface area contributed by atoms with Crippen LogP contribution in [0.4, 0.5) is 0 Å². The van der Waals surface area contributed by atoms with Gasteiger partial charge in [0, 0.05) is 18.9 Å². The van der Waals surface area contributed by atoms with E-state index in [2.05, 4.69) is 44.3 Å². The molecule has 0 unspecified atom stereocenters. The molecule has 0 spiro atoms. The van der Waals surface area contributed by atoms with E-state index in [9.17, 15) is 4.79 Å². The highest BCUT2D eigenvalue weighted by Gasteiger charge is 2.20. The first-order valence-corrected chi connectivity index (χ1v) is 8.67. The first-order valence-electron chi connectivity index (χ1n) is 8.67. The molecule has 0 saturated carbocycles. The van der Waals surface area contributed by atoms with Crippen molar-refractivity contribution in [2.24, 2.45) is 11.1 Å². The lowest BCUT2D eigenvalue weighted by Crippen LogP contribution is -2.35. The standard InChI is InChI=1S/C19H22N4O3.ClH/c24-18(12-22-25)17-10-20-19(21-11-17)26-14-16-6-8-23(9-7-16)13-15-4-2-1-3-5-15;/h1-5,10-12,16,25H,6-9,13-14H2;1H. The van der Waals surface area contributed by atoms with Gasteiger partial charge >= 0.3 is 6.01 Å². The van der Waals surface area contributed by atoms with Crippen molar-refractivity contribution in [1.82, 2.24) is 14.9 Å². The van der Waals surface area contributed by atoms with Gasteiger partial charge in [0.2, 0.25) is 5.78 Å². The van der Waals surface area contributed by atoms with Crippen LogP contribution < -0.4 is 4.74 Å². The van der Waals surface area contributed by atoms with Crippen molar-refractivity contribution in [2.45, 2.75) is 19.4 Å². The maximum Gasteiger partial charge on any atom is 0.316 e. The van der Waals surface area contributed by atoms with E-state index in [-0.39, 0.29) is 24.0 Å². The number of hydrogen-bond donors (Lipinski definition) is 1. The molecule has 3 rings (SSSR count). The molecule has 144 valence electrons. The van der Waals surface area contributed by atoms with E-state index in [0.717, 1.165) is 38.7 Å². The number of ketones is 1. The van der Waals surface area contributed by atoms with Gasteiger partial charge in [-0.2, -0.15) is 0 Å². The number of aromatic nitrogens is 2. The summed E-state index contributed by atoms with van der Waals surface area (Å²) in [5.41, 5.74) is 1.60. The zero-order valence-corrected chi connectivity index (χ0v) is 15.7. The first-order chi connectivity index (χ1) is 12.7. The second kappa shape index (κ2) is 10.6. The van der Waals surface area contributed by atoms with E-state index < -0.39 is 5.78 Å². The molecule has 2 aromatic rings. The molecule has 8 heteroatoms. The zero-order chi connectivity index (χ0) is 18.2. The fourth-order valence-corrected chi connectivity index (χ4v) is 2.99. The number of likely N-dealkylation sites (tertiary alicyclic amines) is 1. The molecule has 1 aliphatic heterocycles. The number of carbonyl (C=O) groups excluding carboxylic acids is 1. The third-order valence-corrected chi connectivity index (χ3v) is 4.49. The highest BCUT2D eigenvalue weighted by Crippen LogP contribution is 2.19. The molecule has 1 saturated heterocycles. The summed E-state index contributed by atoms with van der Waals surface area (Å²) in [6.07, 6.45) is 5.71. The zero-order valence-electron chi connectivity index (χ0n) is 14.9. The molecule has 0 amide bonds. The summed E-state index contributed by atoms with van der Waals surface area (Å²) in [5, 5.41) is 11.1. The summed E-state index contributed by atoms with van der Waals surface area (Å²) < 4.78 is 5.66. The molecule has 0 atom stereocenters. The van der Waals surface area contributed by atoms with Crippen LogP contribution in [0.5, 0.6) is 6.01 Å². The lowest BCUT2D eigenvalue weighted by atomic mass is 9.97. The van der Waals surface area contributed by atoms with Gasteiger partial charge in [0.15, 0.2) is 0 Å². The second-order valence-electron chi connectivity index (χ2n) is 6.38. The topological polar surface area (TPSA) is 87.9 Å². The molecular weight excluding hydrogens is 368 g/mol. The van der Waals surface area contributed by atoms with Crippen LogP contribution in [-0.2, 0) is 6.54 Å². The maximum atomic E-state index is 11.5. The number of hydrogen-bond acceptors (Lipinski definition) is 7. The molecule has 2 heterocycles. The smallest absolute Gasteiger partial charge is 0.316 e. The lowest BCUT2D eigenvalue weighted by molar-refractivity contribution is 0.106. The Hall–Kier alpha value is -2.51. The number of halogens is 1. The Kier molecular flexibility index (Phi) is 8.16. The van der Waals surface area contributed by atoms with Crippen molar-refractivity contribution >= 4 is 24.4 Å². The molecule has 1 N–H and O–H groups in total. The molecular formula is C19H23ClN4O3. The highest BCUT2D eigenvalue weighted by atomic mass is 35.5. The maximum absolute atomic E-state index is 11.5. The summed E-state index contributed by atoms with van der Waals surface area (Å²) in [6.45, 7) is 3.67. The minimum atomic E-state index is -0.454. The fraction of sp³-hybridized carbons (Fsp3) is 0.368. The van der Waals surface area contributed by atoms with Crippen LogP contribution in [0, 0.1) is 5.92 Å². The average molecular weight is 391 g/mol. The van der Waals surface area contributed by atoms with Crippen LogP contribution in [-0.4, -0.2) is 51.8 Å². The number of benzene rings is 1. The van der Waals surface area contributed by atoms with Crippen molar-refractivity contribution < 1.29 is 14.7 Å². The minimum absolute atomic E-state index is 0. The molecule has 7 nitrogen and oxygen atoms in total. The summed E-state index contributed by atoms with van der Waals surface area (Å²) in [4.78, 5) is 22.0. The molecule has 0 bridgehead atoms. The van der Waals surface area contributed by atoms with E-state index in [1.54, 1.807) is 0 Å². The third-order valence-electron chi connectivity index (χ3n) is 4.49. The highest BCUT2D eigenvalue weighted by molar-refractivity contribution is 6.35. The molecule has 0 radical (unpaired) electrons. The van der Waals surface area contributed by atoms with Gasteiger partial charge in [-0.15, -0.1) is 12.4 Å². The lowest BCUT2D eigenvalue weighted by Gasteiger charge is -2.31. The molecule has 0 aliphatic carbocycles. The second-order valence-corrected chi connectivity index (χ2v) is 6.38. The Balaban J connectivity index is 0.00000261. The largest absolute Gasteiger partial charge is 0.463 e. The quantitative estimate of drug-likeness (QED) is 0.338. The number of Topliss-reactive ketones (excluding diaryl/α,β-unsaturated/α-hetero) is 1. The predicted octanol–water partition coefficient (Wildman–Crippen LogP) is 2.83. The molecule has 27 heavy (non-hydrogen) atoms. The predicted molar refractivity (Wildman–Crippen MR) is 104 cm³/mol. The number of carbonyl (C=O) groups is 1. The van der Waals surface area contributed by atoms with Crippen LogP contribution in [0.1, 0.15) is 28.8 Å². The summed E-state index contributed by atoms with van der Waals surface area (Å²) >= 11 is 0. The van der Waals surface area contributed by atoms with Gasteiger partial charge in [-0.05, 0) is 37.4 Å². The van der Waals surface area contributed by atoms with Gasteiger partial charge in [0.25, 0.3) is 0 Å². The van der Waals surface area contributed by atoms with Crippen molar-refractivity contribution in [1.29, 1.82) is 0 Å². The Morgan fingerprint density at radius 1 is 1.22 bits per heavy atom. The van der Waals surface area contributed by atoms with E-state index in [1.807, 2.05) is 6.07 Å². The normalized spacial score (nSPS) is 15.4. The molecule has 1 fully saturated rings. The Morgan fingerprint density at radius 2 is 1.89 bits per heavy atom. The Bertz CT molecular complexity index is 732. The number of nitrogens with zero attached hydrogens (tertiary/aromatic N) is 4. The van der Waals surface area contributed by atoms with Gasteiger partial charge in [-0.1, -0.05) is 35.5 Å². The van der Waals surface area contributed by atoms with Gasteiger partial charge in [-0.25, -0.2) is 9.97 Å². The fourth-order valence-electron chi connectivity index (χ4n) is 2.99. The van der Waals surface area contributed by atoms with Crippen molar-refractivity contribution in [3.05, 3.63) is 53.9 Å². The van der Waals surface area contributed by atoms with E-state index in [4.69, 9.17) is 9.94 Å². The molecule has 1 aromatic carbocycles. The third kappa shape index (κ3) is 6.30. The number of rotatable bonds is 7. The van der Waals surface area contributed by atoms with Crippen LogP contribution in [0.2, 0.25) is 0 Å². The number of oxime groups is 1. The van der Waals surface area contributed by atoms with Gasteiger partial charge in [0.1, 0.15) is 6.21 Å². The van der Waals surface area contributed by atoms with Crippen LogP contribution >= 0.6 is 12.4 Å². The van der Waals surface area contributed by atoms with Crippen LogP contribution in [0.3, 0.4) is 0 Å². The van der Waals surface area contributed by atoms with Crippen LogP contribution in [0.25, 0.3) is 0 Å². The van der Waals surface area contributed by atoms with Crippen molar-refractivity contribution in [2.75, 3.05) is 19.7 Å². The summed E-state index contributed by atoms with van der Waals surface area (Å²) in [6, 6.07) is 10.8.